The Kier molecular flexibility index (Phi) is 23.8. The third-order valence-electron chi connectivity index (χ3n) is 8.52. The number of benzene rings is 4. The van der Waals surface area contributed by atoms with Gasteiger partial charge in [0.15, 0.2) is 6.29 Å². The number of aryl methyl sites for hydroxylation is 2. The predicted molar refractivity (Wildman–Crippen MR) is 241 cm³/mol. The van der Waals surface area contributed by atoms with Crippen molar-refractivity contribution in [3.8, 4) is 34.5 Å². The minimum Gasteiger partial charge on any atom is -0.507 e. The predicted octanol–water partition coefficient (Wildman–Crippen LogP) is 3.38. The zero-order chi connectivity index (χ0) is 50.4. The van der Waals surface area contributed by atoms with Crippen LogP contribution in [0.5, 0.6) is 34.5 Å². The molecule has 4 aromatic rings. The summed E-state index contributed by atoms with van der Waals surface area (Å²) in [5, 5.41) is 59.9. The number of nitrogen functional groups attached to an aromatic ring is 2. The molecule has 0 aliphatic rings. The van der Waals surface area contributed by atoms with Gasteiger partial charge in [-0.1, -0.05) is 0 Å². The molecular formula is C42H54N4O18S2. The van der Waals surface area contributed by atoms with Crippen LogP contribution in [-0.4, -0.2) is 126 Å². The number of methoxy groups -OCH3 is 1. The van der Waals surface area contributed by atoms with E-state index in [1.54, 1.807) is 24.3 Å². The van der Waals surface area contributed by atoms with Gasteiger partial charge in [-0.2, -0.15) is 16.8 Å². The number of esters is 1. The van der Waals surface area contributed by atoms with E-state index in [-0.39, 0.29) is 51.0 Å². The topological polar surface area (TPSA) is 398 Å². The van der Waals surface area contributed by atoms with Crippen LogP contribution in [0, 0.1) is 31.6 Å². The molecule has 0 saturated carbocycles. The van der Waals surface area contributed by atoms with Crippen molar-refractivity contribution in [2.75, 3.05) is 45.0 Å². The molecular weight excluding hydrogens is 913 g/mol. The Labute approximate surface area is 380 Å². The average molecular weight is 967 g/mol. The number of nitrogens with two attached hydrogens (primary N) is 2. The molecule has 24 heteroatoms. The van der Waals surface area contributed by atoms with Crippen LogP contribution < -0.4 is 30.4 Å². The largest absolute Gasteiger partial charge is 0.507 e. The number of hydrogen-bond acceptors (Lipinski definition) is 17. The molecule has 4 aromatic carbocycles. The summed E-state index contributed by atoms with van der Waals surface area (Å²) < 4.78 is 75.7. The number of aromatic carboxylic acids is 1. The summed E-state index contributed by atoms with van der Waals surface area (Å²) in [6.45, 7) is 4.59. The maximum Gasteiger partial charge on any atom is 0.347 e. The molecule has 0 atom stereocenters. The van der Waals surface area contributed by atoms with Gasteiger partial charge in [0, 0.05) is 16.7 Å². The third-order valence-corrected chi connectivity index (χ3v) is 9.91. The highest BCUT2D eigenvalue weighted by molar-refractivity contribution is 7.86. The molecule has 0 spiro atoms. The zero-order valence-electron chi connectivity index (χ0n) is 36.3. The Hall–Kier alpha value is -6.83. The maximum atomic E-state index is 12.6. The number of unbranched alkanes of at least 4 members (excludes halogenated alkanes) is 2. The minimum atomic E-state index is -3.92. The van der Waals surface area contributed by atoms with Crippen LogP contribution >= 0.6 is 0 Å². The lowest BCUT2D eigenvalue weighted by molar-refractivity contribution is 0.0681. The van der Waals surface area contributed by atoms with Crippen molar-refractivity contribution in [3.05, 3.63) is 105 Å². The van der Waals surface area contributed by atoms with E-state index in [2.05, 4.69) is 0 Å². The quantitative estimate of drug-likeness (QED) is 0.0122. The Morgan fingerprint density at radius 1 is 0.682 bits per heavy atom. The highest BCUT2D eigenvalue weighted by Crippen LogP contribution is 2.36. The number of phenols is 2. The van der Waals surface area contributed by atoms with Gasteiger partial charge >= 0.3 is 11.9 Å². The molecule has 0 fully saturated rings. The number of carbonyl (C=O) groups is 3. The second-order valence-corrected chi connectivity index (χ2v) is 16.7. The molecule has 0 bridgehead atoms. The smallest absolute Gasteiger partial charge is 0.347 e. The van der Waals surface area contributed by atoms with E-state index < -0.39 is 68.4 Å². The first kappa shape index (κ1) is 57.2. The summed E-state index contributed by atoms with van der Waals surface area (Å²) >= 11 is 0. The van der Waals surface area contributed by atoms with Gasteiger partial charge in [-0.15, -0.1) is 0 Å². The van der Waals surface area contributed by atoms with Crippen LogP contribution in [0.2, 0.25) is 0 Å². The minimum absolute atomic E-state index is 0.0419. The van der Waals surface area contributed by atoms with Crippen LogP contribution in [0.25, 0.3) is 0 Å². The molecule has 0 amide bonds. The summed E-state index contributed by atoms with van der Waals surface area (Å²) in [4.78, 5) is 35.2. The maximum absolute atomic E-state index is 12.6. The lowest BCUT2D eigenvalue weighted by Gasteiger charge is -2.16. The molecule has 0 unspecified atom stereocenters. The fraction of sp³-hybridized carbons (Fsp3) is 0.310. The molecule has 0 saturated heterocycles. The van der Waals surface area contributed by atoms with E-state index in [9.17, 15) is 46.5 Å². The van der Waals surface area contributed by atoms with Gasteiger partial charge in [0.05, 0.1) is 50.6 Å². The van der Waals surface area contributed by atoms with Crippen LogP contribution in [0.15, 0.2) is 60.7 Å². The summed E-state index contributed by atoms with van der Waals surface area (Å²) in [6.07, 6.45) is 3.25. The van der Waals surface area contributed by atoms with Crippen LogP contribution in [0.3, 0.4) is 0 Å². The van der Waals surface area contributed by atoms with Crippen molar-refractivity contribution >= 4 is 50.1 Å². The molecule has 0 aliphatic heterocycles. The van der Waals surface area contributed by atoms with Gasteiger partial charge in [0.1, 0.15) is 57.3 Å². The number of phenolic OH excluding ortho intramolecular Hbond substituents is 1. The summed E-state index contributed by atoms with van der Waals surface area (Å²) in [5.74, 6) is -2.84. The van der Waals surface area contributed by atoms with Gasteiger partial charge in [-0.3, -0.25) is 24.7 Å². The molecule has 362 valence electrons. The van der Waals surface area contributed by atoms with Crippen LogP contribution in [0.1, 0.15) is 78.2 Å². The van der Waals surface area contributed by atoms with E-state index in [1.165, 1.54) is 40.0 Å². The molecule has 13 N–H and O–H groups in total. The molecule has 4 rings (SSSR count). The van der Waals surface area contributed by atoms with Crippen molar-refractivity contribution in [1.29, 1.82) is 10.8 Å². The summed E-state index contributed by atoms with van der Waals surface area (Å²) in [7, 11) is -6.53. The Bertz CT molecular complexity index is 2420. The van der Waals surface area contributed by atoms with Gasteiger partial charge in [0.2, 0.25) is 0 Å². The van der Waals surface area contributed by atoms with Gasteiger partial charge in [-0.05, 0) is 112 Å². The molecule has 66 heavy (non-hydrogen) atoms. The van der Waals surface area contributed by atoms with E-state index in [0.717, 1.165) is 30.8 Å². The Morgan fingerprint density at radius 3 is 1.44 bits per heavy atom. The fourth-order valence-corrected chi connectivity index (χ4v) is 5.63. The van der Waals surface area contributed by atoms with Crippen molar-refractivity contribution in [3.63, 3.8) is 0 Å². The second kappa shape index (κ2) is 27.5. The molecule has 22 nitrogen and oxygen atoms in total. The van der Waals surface area contributed by atoms with Gasteiger partial charge in [-0.25, -0.2) is 9.59 Å². The summed E-state index contributed by atoms with van der Waals surface area (Å²) in [5.41, 5.74) is 11.9. The highest BCUT2D eigenvalue weighted by atomic mass is 32.2. The molecule has 0 heterocycles. The fourth-order valence-electron chi connectivity index (χ4n) is 5.17. The number of carboxylic acids is 1. The third kappa shape index (κ3) is 19.9. The SMILES string of the molecule is COc1cc(C)c(C(=O)Oc2cc(C)c(O)c(C(=O)O)c2C)c(O)c1C=O.N=C(N)c1ccc(OCCCCCOc2ccc(C(=N)N)cc2)cc1.O=S(=O)(O)CCO.O=S(=O)(O)CCO. The normalized spacial score (nSPS) is 10.6. The standard InChI is InChI=1S/C19H24N4O2.C19H18O8.2C2H6O4S/c20-18(21)14-4-8-16(9-5-14)24-12-2-1-3-13-25-17-10-6-15(7-11-17)19(22)23;1-8-5-13(26-4)11(7-20)17(22)14(8)19(25)27-12-6-9(2)16(21)15(10(12)3)18(23)24;2*3-1-2-7(4,5)6/h4-11H,1-3,12-13H2,(H3,20,21)(H3,22,23);5-7,21-22H,1-4H3,(H,23,24);2*3H,1-2H2,(H,4,5,6). The van der Waals surface area contributed by atoms with E-state index in [1.807, 2.05) is 24.3 Å². The average Bonchev–Trinajstić information content (AvgIpc) is 3.22. The van der Waals surface area contributed by atoms with E-state index >= 15 is 0 Å². The number of aromatic hydroxyl groups is 2. The van der Waals surface area contributed by atoms with E-state index in [0.29, 0.717) is 36.2 Å². The number of amidine groups is 2. The van der Waals surface area contributed by atoms with Crippen molar-refractivity contribution in [2.45, 2.75) is 40.0 Å². The molecule has 0 radical (unpaired) electrons. The monoisotopic (exact) mass is 966 g/mol. The van der Waals surface area contributed by atoms with Crippen LogP contribution in [0.4, 0.5) is 0 Å². The first-order valence-corrected chi connectivity index (χ1v) is 22.4. The number of nitrogens with one attached hydrogen (secondary N) is 2. The number of aliphatic hydroxyl groups is 2. The Morgan fingerprint density at radius 2 is 1.11 bits per heavy atom. The molecule has 0 aromatic heterocycles. The number of aliphatic hydroxyl groups excluding tert-OH is 2. The number of aldehydes is 1. The Balaban J connectivity index is 0.000000513. The summed E-state index contributed by atoms with van der Waals surface area (Å²) in [6, 6.07) is 17.1. The number of ether oxygens (including phenoxy) is 4. The number of rotatable bonds is 19. The van der Waals surface area contributed by atoms with Crippen molar-refractivity contribution < 1.29 is 84.8 Å². The number of carboxylic acid groups (broad SMARTS) is 1. The molecule has 0 aliphatic carbocycles. The number of hydrogen-bond donors (Lipinski definition) is 11. The number of carbonyl (C=O) groups excluding carboxylic acids is 2. The first-order valence-electron chi connectivity index (χ1n) is 19.2. The zero-order valence-corrected chi connectivity index (χ0v) is 37.9. The van der Waals surface area contributed by atoms with Crippen LogP contribution in [-0.2, 0) is 20.2 Å². The van der Waals surface area contributed by atoms with Gasteiger partial charge < -0.3 is 55.9 Å². The second-order valence-electron chi connectivity index (χ2n) is 13.5. The highest BCUT2D eigenvalue weighted by Gasteiger charge is 2.26. The van der Waals surface area contributed by atoms with Crippen molar-refractivity contribution in [2.24, 2.45) is 11.5 Å². The van der Waals surface area contributed by atoms with Crippen molar-refractivity contribution in [1.82, 2.24) is 0 Å². The van der Waals surface area contributed by atoms with Gasteiger partial charge in [0.25, 0.3) is 20.2 Å². The first-order chi connectivity index (χ1) is 30.8. The van der Waals surface area contributed by atoms with E-state index in [4.69, 9.17) is 60.6 Å². The lowest BCUT2D eigenvalue weighted by Crippen LogP contribution is -2.14. The lowest BCUT2D eigenvalue weighted by atomic mass is 10.0.